The summed E-state index contributed by atoms with van der Waals surface area (Å²) in [5.41, 5.74) is 4.22. The van der Waals surface area contributed by atoms with Crippen LogP contribution in [-0.2, 0) is 11.2 Å². The van der Waals surface area contributed by atoms with Crippen molar-refractivity contribution in [2.45, 2.75) is 19.4 Å². The van der Waals surface area contributed by atoms with Crippen molar-refractivity contribution in [2.75, 3.05) is 34.4 Å². The Labute approximate surface area is 223 Å². The molecule has 5 nitrogen and oxygen atoms in total. The molecule has 6 rings (SSSR count). The SMILES string of the molecule is CC1=NN(c2ccc(Cl)cc2)C(=O)[C@]12Cc1cc(Br)ccc1N1CCN(c3cccc(Cl)c3)C[C@@H]12. The van der Waals surface area contributed by atoms with E-state index in [2.05, 4.69) is 50.0 Å². The first-order chi connectivity index (χ1) is 16.9. The maximum absolute atomic E-state index is 14.3. The molecule has 1 fully saturated rings. The van der Waals surface area contributed by atoms with E-state index in [0.717, 1.165) is 40.2 Å². The van der Waals surface area contributed by atoms with E-state index in [1.165, 1.54) is 5.69 Å². The topological polar surface area (TPSA) is 39.2 Å². The highest BCUT2D eigenvalue weighted by molar-refractivity contribution is 9.10. The molecular weight excluding hydrogens is 547 g/mol. The van der Waals surface area contributed by atoms with Crippen molar-refractivity contribution in [1.82, 2.24) is 0 Å². The Morgan fingerprint density at radius 3 is 2.54 bits per heavy atom. The van der Waals surface area contributed by atoms with Crippen LogP contribution in [-0.4, -0.2) is 37.3 Å². The normalized spacial score (nSPS) is 23.4. The zero-order valence-corrected chi connectivity index (χ0v) is 22.2. The lowest BCUT2D eigenvalue weighted by Crippen LogP contribution is -2.67. The van der Waals surface area contributed by atoms with Crippen LogP contribution in [0.15, 0.2) is 76.3 Å². The number of fused-ring (bicyclic) bond motifs is 4. The molecule has 3 aliphatic heterocycles. The molecule has 1 amide bonds. The van der Waals surface area contributed by atoms with Crippen molar-refractivity contribution in [3.05, 3.63) is 86.8 Å². The van der Waals surface area contributed by atoms with E-state index in [1.807, 2.05) is 37.3 Å². The summed E-state index contributed by atoms with van der Waals surface area (Å²) in [5, 5.41) is 7.72. The lowest BCUT2D eigenvalue weighted by molar-refractivity contribution is -0.125. The first-order valence-corrected chi connectivity index (χ1v) is 13.1. The second kappa shape index (κ2) is 8.54. The molecule has 0 aromatic heterocycles. The number of halogens is 3. The second-order valence-corrected chi connectivity index (χ2v) is 11.1. The predicted molar refractivity (Wildman–Crippen MR) is 147 cm³/mol. The van der Waals surface area contributed by atoms with Gasteiger partial charge in [-0.3, -0.25) is 4.79 Å². The number of amides is 1. The van der Waals surface area contributed by atoms with Crippen molar-refractivity contribution < 1.29 is 4.79 Å². The van der Waals surface area contributed by atoms with Crippen LogP contribution in [0.2, 0.25) is 10.0 Å². The molecule has 2 atom stereocenters. The molecule has 3 aliphatic rings. The van der Waals surface area contributed by atoms with E-state index in [0.29, 0.717) is 23.0 Å². The molecule has 178 valence electrons. The molecule has 0 aliphatic carbocycles. The number of rotatable bonds is 2. The summed E-state index contributed by atoms with van der Waals surface area (Å²) in [6, 6.07) is 21.5. The van der Waals surface area contributed by atoms with Gasteiger partial charge in [0.15, 0.2) is 0 Å². The van der Waals surface area contributed by atoms with E-state index in [1.54, 1.807) is 17.1 Å². The number of hydrogen-bond acceptors (Lipinski definition) is 4. The Balaban J connectivity index is 1.46. The Hall–Kier alpha value is -2.54. The molecule has 3 aromatic carbocycles. The van der Waals surface area contributed by atoms with Gasteiger partial charge in [-0.1, -0.05) is 45.2 Å². The van der Waals surface area contributed by atoms with Gasteiger partial charge in [-0.25, -0.2) is 0 Å². The van der Waals surface area contributed by atoms with Gasteiger partial charge in [0.25, 0.3) is 5.91 Å². The molecule has 0 saturated carbocycles. The smallest absolute Gasteiger partial charge is 0.261 e. The van der Waals surface area contributed by atoms with Gasteiger partial charge >= 0.3 is 0 Å². The number of nitrogens with zero attached hydrogens (tertiary/aromatic N) is 4. The first kappa shape index (κ1) is 22.9. The fraction of sp³-hybridized carbons (Fsp3) is 0.259. The van der Waals surface area contributed by atoms with Crippen LogP contribution in [0.5, 0.6) is 0 Å². The molecule has 3 aromatic rings. The van der Waals surface area contributed by atoms with Gasteiger partial charge in [0.1, 0.15) is 5.41 Å². The number of carbonyl (C=O) groups excluding carboxylic acids is 1. The maximum Gasteiger partial charge on any atom is 0.261 e. The standard InChI is InChI=1S/C27H23BrCl2N4O/c1-17-27(26(35)34(31-17)22-8-6-20(29)7-9-22)15-18-13-19(28)5-10-24(18)33-12-11-32(16-25(27)33)23-4-2-3-21(30)14-23/h2-10,13-14,25H,11-12,15-16H2,1H3/t25-,27-/m1/s1. The second-order valence-electron chi connectivity index (χ2n) is 9.34. The van der Waals surface area contributed by atoms with E-state index in [9.17, 15) is 4.79 Å². The van der Waals surface area contributed by atoms with Gasteiger partial charge in [-0.05, 0) is 79.6 Å². The summed E-state index contributed by atoms with van der Waals surface area (Å²) in [6.45, 7) is 4.33. The summed E-state index contributed by atoms with van der Waals surface area (Å²) in [4.78, 5) is 19.1. The molecular formula is C27H23BrCl2N4O. The fourth-order valence-electron chi connectivity index (χ4n) is 5.77. The lowest BCUT2D eigenvalue weighted by atomic mass is 9.67. The van der Waals surface area contributed by atoms with E-state index in [-0.39, 0.29) is 11.9 Å². The quantitative estimate of drug-likeness (QED) is 0.357. The van der Waals surface area contributed by atoms with Crippen LogP contribution in [0.4, 0.5) is 17.1 Å². The van der Waals surface area contributed by atoms with Crippen molar-refractivity contribution in [3.8, 4) is 0 Å². The van der Waals surface area contributed by atoms with Crippen LogP contribution in [0.1, 0.15) is 12.5 Å². The number of anilines is 3. The number of piperazine rings is 1. The number of hydrogen-bond donors (Lipinski definition) is 0. The summed E-state index contributed by atoms with van der Waals surface area (Å²) in [6.07, 6.45) is 0.602. The molecule has 8 heteroatoms. The largest absolute Gasteiger partial charge is 0.368 e. The van der Waals surface area contributed by atoms with Crippen molar-refractivity contribution >= 4 is 67.8 Å². The molecule has 3 heterocycles. The fourth-order valence-corrected chi connectivity index (χ4v) is 6.49. The molecule has 0 unspecified atom stereocenters. The minimum absolute atomic E-state index is 0.00546. The van der Waals surface area contributed by atoms with Crippen LogP contribution in [0.3, 0.4) is 0 Å². The van der Waals surface area contributed by atoms with E-state index < -0.39 is 5.41 Å². The van der Waals surface area contributed by atoms with Crippen molar-refractivity contribution in [2.24, 2.45) is 10.5 Å². The Bertz CT molecular complexity index is 1360. The molecule has 0 N–H and O–H groups in total. The van der Waals surface area contributed by atoms with Gasteiger partial charge in [0.2, 0.25) is 0 Å². The van der Waals surface area contributed by atoms with E-state index in [4.69, 9.17) is 28.3 Å². The molecule has 1 saturated heterocycles. The molecule has 0 radical (unpaired) electrons. The highest BCUT2D eigenvalue weighted by Gasteiger charge is 2.60. The summed E-state index contributed by atoms with van der Waals surface area (Å²) < 4.78 is 1.01. The summed E-state index contributed by atoms with van der Waals surface area (Å²) >= 11 is 16.1. The first-order valence-electron chi connectivity index (χ1n) is 11.6. The average Bonchev–Trinajstić information content (AvgIpc) is 3.09. The Morgan fingerprint density at radius 2 is 1.77 bits per heavy atom. The number of hydrazone groups is 1. The van der Waals surface area contributed by atoms with Crippen LogP contribution < -0.4 is 14.8 Å². The third kappa shape index (κ3) is 3.65. The summed E-state index contributed by atoms with van der Waals surface area (Å²) in [7, 11) is 0. The van der Waals surface area contributed by atoms with Crippen LogP contribution >= 0.6 is 39.1 Å². The van der Waals surface area contributed by atoms with Crippen molar-refractivity contribution in [3.63, 3.8) is 0 Å². The third-order valence-electron chi connectivity index (χ3n) is 7.48. The average molecular weight is 570 g/mol. The number of carbonyl (C=O) groups is 1. The van der Waals surface area contributed by atoms with Gasteiger partial charge in [0, 0.05) is 45.5 Å². The molecule has 1 spiro atoms. The Morgan fingerprint density at radius 1 is 0.971 bits per heavy atom. The molecule has 35 heavy (non-hydrogen) atoms. The van der Waals surface area contributed by atoms with Crippen LogP contribution in [0.25, 0.3) is 0 Å². The molecule has 0 bridgehead atoms. The van der Waals surface area contributed by atoms with Gasteiger partial charge in [-0.15, -0.1) is 0 Å². The maximum atomic E-state index is 14.3. The van der Waals surface area contributed by atoms with Crippen LogP contribution in [0, 0.1) is 5.41 Å². The van der Waals surface area contributed by atoms with Gasteiger partial charge in [-0.2, -0.15) is 10.1 Å². The zero-order chi connectivity index (χ0) is 24.3. The van der Waals surface area contributed by atoms with Gasteiger partial charge < -0.3 is 9.80 Å². The van der Waals surface area contributed by atoms with Crippen molar-refractivity contribution in [1.29, 1.82) is 0 Å². The summed E-state index contributed by atoms with van der Waals surface area (Å²) in [5.74, 6) is 0.00546. The van der Waals surface area contributed by atoms with E-state index >= 15 is 0 Å². The van der Waals surface area contributed by atoms with Gasteiger partial charge in [0.05, 0.1) is 17.4 Å². The minimum Gasteiger partial charge on any atom is -0.368 e. The highest BCUT2D eigenvalue weighted by Crippen LogP contribution is 2.49. The highest BCUT2D eigenvalue weighted by atomic mass is 79.9. The zero-order valence-electron chi connectivity index (χ0n) is 19.1. The Kier molecular flexibility index (Phi) is 5.59. The minimum atomic E-state index is -0.773. The predicted octanol–water partition coefficient (Wildman–Crippen LogP) is 6.42. The third-order valence-corrected chi connectivity index (χ3v) is 8.46. The number of benzene rings is 3. The lowest BCUT2D eigenvalue weighted by Gasteiger charge is -2.53. The monoisotopic (exact) mass is 568 g/mol.